The van der Waals surface area contributed by atoms with Gasteiger partial charge in [0.1, 0.15) is 5.54 Å². The van der Waals surface area contributed by atoms with E-state index < -0.39 is 5.54 Å². The topological polar surface area (TPSA) is 55.6 Å². The zero-order valence-corrected chi connectivity index (χ0v) is 16.4. The van der Waals surface area contributed by atoms with Gasteiger partial charge in [-0.25, -0.2) is 0 Å². The van der Waals surface area contributed by atoms with Gasteiger partial charge in [-0.15, -0.1) is 12.4 Å². The predicted molar refractivity (Wildman–Crippen MR) is 99.3 cm³/mol. The highest BCUT2D eigenvalue weighted by Crippen LogP contribution is 2.51. The number of hydrogen-bond donors (Lipinski definition) is 1. The lowest BCUT2D eigenvalue weighted by Gasteiger charge is -2.59. The van der Waals surface area contributed by atoms with Gasteiger partial charge < -0.3 is 15.4 Å². The van der Waals surface area contributed by atoms with Crippen molar-refractivity contribution in [2.24, 2.45) is 16.6 Å². The Labute approximate surface area is 153 Å². The molecule has 5 heteroatoms. The van der Waals surface area contributed by atoms with E-state index in [0.717, 1.165) is 19.5 Å². The average molecular weight is 359 g/mol. The first-order valence-corrected chi connectivity index (χ1v) is 9.55. The highest BCUT2D eigenvalue weighted by molar-refractivity contribution is 5.89. The number of amides is 1. The van der Waals surface area contributed by atoms with E-state index in [2.05, 4.69) is 18.7 Å². The minimum absolute atomic E-state index is 0. The predicted octanol–water partition coefficient (Wildman–Crippen LogP) is 3.51. The second-order valence-electron chi connectivity index (χ2n) is 8.73. The van der Waals surface area contributed by atoms with Crippen LogP contribution in [0.15, 0.2) is 0 Å². The Bertz CT molecular complexity index is 457. The second kappa shape index (κ2) is 7.13. The lowest BCUT2D eigenvalue weighted by atomic mass is 9.54. The molecule has 1 aliphatic heterocycles. The van der Waals surface area contributed by atoms with Crippen molar-refractivity contribution < 1.29 is 9.53 Å². The van der Waals surface area contributed by atoms with Crippen molar-refractivity contribution in [3.05, 3.63) is 0 Å². The zero-order valence-electron chi connectivity index (χ0n) is 15.6. The van der Waals surface area contributed by atoms with Gasteiger partial charge in [-0.05, 0) is 38.0 Å². The fourth-order valence-corrected chi connectivity index (χ4v) is 5.17. The Morgan fingerprint density at radius 2 is 1.79 bits per heavy atom. The van der Waals surface area contributed by atoms with Crippen molar-refractivity contribution in [1.29, 1.82) is 0 Å². The van der Waals surface area contributed by atoms with Crippen molar-refractivity contribution in [1.82, 2.24) is 4.90 Å². The van der Waals surface area contributed by atoms with Gasteiger partial charge >= 0.3 is 0 Å². The van der Waals surface area contributed by atoms with Crippen LogP contribution in [0.2, 0.25) is 0 Å². The molecule has 1 heterocycles. The van der Waals surface area contributed by atoms with E-state index in [1.165, 1.54) is 38.5 Å². The summed E-state index contributed by atoms with van der Waals surface area (Å²) in [6.07, 6.45) is 9.79. The minimum Gasteiger partial charge on any atom is -0.378 e. The summed E-state index contributed by atoms with van der Waals surface area (Å²) in [5, 5.41) is 0. The Balaban J connectivity index is 0.00000208. The monoisotopic (exact) mass is 358 g/mol. The highest BCUT2D eigenvalue weighted by atomic mass is 35.5. The van der Waals surface area contributed by atoms with E-state index >= 15 is 0 Å². The third-order valence-corrected chi connectivity index (χ3v) is 7.07. The van der Waals surface area contributed by atoms with E-state index in [9.17, 15) is 4.79 Å². The summed E-state index contributed by atoms with van der Waals surface area (Å²) in [7, 11) is 0. The van der Waals surface area contributed by atoms with Crippen LogP contribution < -0.4 is 5.73 Å². The number of likely N-dealkylation sites (tertiary alicyclic amines) is 1. The Hall–Kier alpha value is -0.320. The van der Waals surface area contributed by atoms with E-state index in [0.29, 0.717) is 18.4 Å². The molecule has 3 fully saturated rings. The standard InChI is InChI=1S/C19H34N2O2.ClH/c1-4-23-15-13-19(20,17(15,2)3)16(22)21-12-8-11-18(14-21)9-6-5-7-10-18;/h15H,4-14,20H2,1-3H3;1H. The number of carbonyl (C=O) groups is 1. The number of halogens is 1. The molecule has 3 aliphatic rings. The van der Waals surface area contributed by atoms with E-state index in [-0.39, 0.29) is 29.8 Å². The normalized spacial score (nSPS) is 34.3. The molecule has 2 unspecified atom stereocenters. The molecular formula is C19H35ClN2O2. The van der Waals surface area contributed by atoms with Crippen molar-refractivity contribution in [3.63, 3.8) is 0 Å². The van der Waals surface area contributed by atoms with Crippen LogP contribution in [0, 0.1) is 10.8 Å². The molecule has 0 aromatic carbocycles. The third kappa shape index (κ3) is 3.10. The molecule has 4 nitrogen and oxygen atoms in total. The molecule has 24 heavy (non-hydrogen) atoms. The average Bonchev–Trinajstić information content (AvgIpc) is 2.54. The first-order valence-electron chi connectivity index (χ1n) is 9.55. The van der Waals surface area contributed by atoms with Crippen LogP contribution in [-0.4, -0.2) is 42.1 Å². The van der Waals surface area contributed by atoms with E-state index in [1.54, 1.807) is 0 Å². The third-order valence-electron chi connectivity index (χ3n) is 7.07. The van der Waals surface area contributed by atoms with Gasteiger partial charge in [-0.1, -0.05) is 33.1 Å². The molecule has 0 radical (unpaired) electrons. The number of nitrogens with two attached hydrogens (primary N) is 1. The fraction of sp³-hybridized carbons (Fsp3) is 0.947. The van der Waals surface area contributed by atoms with Crippen LogP contribution in [0.3, 0.4) is 0 Å². The Kier molecular flexibility index (Phi) is 5.94. The Morgan fingerprint density at radius 1 is 1.17 bits per heavy atom. The summed E-state index contributed by atoms with van der Waals surface area (Å²) < 4.78 is 5.79. The molecule has 2 aliphatic carbocycles. The molecule has 2 N–H and O–H groups in total. The maximum absolute atomic E-state index is 13.2. The quantitative estimate of drug-likeness (QED) is 0.839. The maximum Gasteiger partial charge on any atom is 0.243 e. The summed E-state index contributed by atoms with van der Waals surface area (Å²) in [5.41, 5.74) is 5.98. The fourth-order valence-electron chi connectivity index (χ4n) is 5.17. The van der Waals surface area contributed by atoms with Crippen LogP contribution >= 0.6 is 12.4 Å². The summed E-state index contributed by atoms with van der Waals surface area (Å²) >= 11 is 0. The summed E-state index contributed by atoms with van der Waals surface area (Å²) in [6.45, 7) is 8.69. The maximum atomic E-state index is 13.2. The molecule has 1 saturated heterocycles. The van der Waals surface area contributed by atoms with Crippen molar-refractivity contribution in [2.45, 2.75) is 83.8 Å². The van der Waals surface area contributed by atoms with Crippen molar-refractivity contribution in [2.75, 3.05) is 19.7 Å². The van der Waals surface area contributed by atoms with Crippen LogP contribution in [0.5, 0.6) is 0 Å². The van der Waals surface area contributed by atoms with Gasteiger partial charge in [0.2, 0.25) is 5.91 Å². The van der Waals surface area contributed by atoms with Crippen LogP contribution in [0.25, 0.3) is 0 Å². The van der Waals surface area contributed by atoms with Gasteiger partial charge in [-0.2, -0.15) is 0 Å². The minimum atomic E-state index is -0.750. The summed E-state index contributed by atoms with van der Waals surface area (Å²) in [6, 6.07) is 0. The molecule has 1 amide bonds. The number of nitrogens with zero attached hydrogens (tertiary/aromatic N) is 1. The highest BCUT2D eigenvalue weighted by Gasteiger charge is 2.64. The van der Waals surface area contributed by atoms with Gasteiger partial charge in [-0.3, -0.25) is 4.79 Å². The molecule has 3 rings (SSSR count). The van der Waals surface area contributed by atoms with Gasteiger partial charge in [0.15, 0.2) is 0 Å². The first-order chi connectivity index (χ1) is 10.8. The Morgan fingerprint density at radius 3 is 2.38 bits per heavy atom. The summed E-state index contributed by atoms with van der Waals surface area (Å²) in [5.74, 6) is 0.170. The van der Waals surface area contributed by atoms with Gasteiger partial charge in [0, 0.05) is 31.5 Å². The molecule has 0 bridgehead atoms. The molecule has 0 aromatic heterocycles. The number of rotatable bonds is 3. The number of carbonyl (C=O) groups excluding carboxylic acids is 1. The largest absolute Gasteiger partial charge is 0.378 e. The zero-order chi connectivity index (χ0) is 16.7. The number of ether oxygens (including phenoxy) is 1. The molecule has 0 aromatic rings. The molecule has 1 spiro atoms. The lowest BCUT2D eigenvalue weighted by Crippen LogP contribution is -2.76. The van der Waals surface area contributed by atoms with Crippen molar-refractivity contribution in [3.8, 4) is 0 Å². The summed E-state index contributed by atoms with van der Waals surface area (Å²) in [4.78, 5) is 15.3. The van der Waals surface area contributed by atoms with E-state index in [1.807, 2.05) is 6.92 Å². The lowest BCUT2D eigenvalue weighted by molar-refractivity contribution is -0.182. The van der Waals surface area contributed by atoms with E-state index in [4.69, 9.17) is 10.5 Å². The van der Waals surface area contributed by atoms with Crippen LogP contribution in [0.4, 0.5) is 0 Å². The molecule has 2 atom stereocenters. The van der Waals surface area contributed by atoms with Gasteiger partial charge in [0.25, 0.3) is 0 Å². The van der Waals surface area contributed by atoms with Crippen LogP contribution in [0.1, 0.15) is 72.1 Å². The number of piperidine rings is 1. The van der Waals surface area contributed by atoms with Gasteiger partial charge in [0.05, 0.1) is 6.10 Å². The first kappa shape index (κ1) is 20.0. The smallest absolute Gasteiger partial charge is 0.243 e. The number of hydrogen-bond acceptors (Lipinski definition) is 3. The molecular weight excluding hydrogens is 324 g/mol. The SMILES string of the molecule is CCOC1CC(N)(C(=O)N2CCCC3(CCCCC3)C2)C1(C)C.Cl. The molecule has 140 valence electrons. The van der Waals surface area contributed by atoms with Crippen LogP contribution in [-0.2, 0) is 9.53 Å². The molecule has 2 saturated carbocycles. The van der Waals surface area contributed by atoms with Crippen molar-refractivity contribution >= 4 is 18.3 Å². The second-order valence-corrected chi connectivity index (χ2v) is 8.73.